The summed E-state index contributed by atoms with van der Waals surface area (Å²) >= 11 is 0. The predicted octanol–water partition coefficient (Wildman–Crippen LogP) is 2.17. The maximum absolute atomic E-state index is 6.24. The Morgan fingerprint density at radius 2 is 2.00 bits per heavy atom. The van der Waals surface area contributed by atoms with E-state index in [1.54, 1.807) is 4.68 Å². The molecule has 0 amide bonds. The van der Waals surface area contributed by atoms with E-state index < -0.39 is 0 Å². The summed E-state index contributed by atoms with van der Waals surface area (Å²) in [5, 5.41) is 7.58. The van der Waals surface area contributed by atoms with Gasteiger partial charge in [-0.25, -0.2) is 0 Å². The highest BCUT2D eigenvalue weighted by molar-refractivity contribution is 5.32. The summed E-state index contributed by atoms with van der Waals surface area (Å²) in [5.74, 6) is 1.24. The highest BCUT2D eigenvalue weighted by atomic mass is 15.3. The lowest BCUT2D eigenvalue weighted by Gasteiger charge is -2.20. The fourth-order valence-electron chi connectivity index (χ4n) is 1.91. The maximum atomic E-state index is 6.24. The first-order valence-electron chi connectivity index (χ1n) is 6.21. The molecule has 2 rings (SSSR count). The Morgan fingerprint density at radius 3 is 2.61 bits per heavy atom. The van der Waals surface area contributed by atoms with Gasteiger partial charge in [-0.2, -0.15) is 5.10 Å². The Bertz CT molecular complexity index is 478. The summed E-state index contributed by atoms with van der Waals surface area (Å²) in [6.45, 7) is 2.96. The average Bonchev–Trinajstić information content (AvgIpc) is 2.82. The minimum absolute atomic E-state index is 0.0439. The molecule has 0 aliphatic carbocycles. The molecule has 1 heterocycles. The van der Waals surface area contributed by atoms with E-state index in [2.05, 4.69) is 29.5 Å². The first-order chi connectivity index (χ1) is 8.66. The number of anilines is 1. The molecule has 0 saturated heterocycles. The van der Waals surface area contributed by atoms with Crippen LogP contribution < -0.4 is 11.1 Å². The van der Waals surface area contributed by atoms with Crippen LogP contribution in [0.3, 0.4) is 0 Å². The first kappa shape index (κ1) is 12.6. The van der Waals surface area contributed by atoms with Crippen molar-refractivity contribution in [2.45, 2.75) is 13.0 Å². The molecule has 96 valence electrons. The molecule has 4 heteroatoms. The third kappa shape index (κ3) is 3.11. The SMILES string of the molecule is CC(CNc1ccn(C)n1)C(N)c1ccccc1. The second-order valence-electron chi connectivity index (χ2n) is 4.67. The normalized spacial score (nSPS) is 14.2. The summed E-state index contributed by atoms with van der Waals surface area (Å²) in [6, 6.07) is 12.2. The van der Waals surface area contributed by atoms with Crippen LogP contribution in [0.25, 0.3) is 0 Å². The molecule has 0 spiro atoms. The van der Waals surface area contributed by atoms with Crippen LogP contribution in [0.5, 0.6) is 0 Å². The highest BCUT2D eigenvalue weighted by Crippen LogP contribution is 2.19. The molecule has 0 fully saturated rings. The first-order valence-corrected chi connectivity index (χ1v) is 6.21. The van der Waals surface area contributed by atoms with Crippen molar-refractivity contribution in [2.24, 2.45) is 18.7 Å². The summed E-state index contributed by atoms with van der Waals surface area (Å²) in [6.07, 6.45) is 1.92. The van der Waals surface area contributed by atoms with Crippen LogP contribution in [0.4, 0.5) is 5.82 Å². The van der Waals surface area contributed by atoms with E-state index in [-0.39, 0.29) is 6.04 Å². The number of aromatic nitrogens is 2. The Hall–Kier alpha value is -1.81. The van der Waals surface area contributed by atoms with Gasteiger partial charge in [0.25, 0.3) is 0 Å². The van der Waals surface area contributed by atoms with Gasteiger partial charge in [-0.15, -0.1) is 0 Å². The Kier molecular flexibility index (Phi) is 3.99. The van der Waals surface area contributed by atoms with Crippen molar-refractivity contribution in [2.75, 3.05) is 11.9 Å². The van der Waals surface area contributed by atoms with Gasteiger partial charge in [0.05, 0.1) is 0 Å². The van der Waals surface area contributed by atoms with Gasteiger partial charge in [-0.3, -0.25) is 4.68 Å². The van der Waals surface area contributed by atoms with E-state index in [9.17, 15) is 0 Å². The molecule has 18 heavy (non-hydrogen) atoms. The monoisotopic (exact) mass is 244 g/mol. The molecule has 0 radical (unpaired) electrons. The van der Waals surface area contributed by atoms with E-state index in [1.807, 2.05) is 37.5 Å². The predicted molar refractivity (Wildman–Crippen MR) is 74.2 cm³/mol. The van der Waals surface area contributed by atoms with Crippen LogP contribution in [0, 0.1) is 5.92 Å². The minimum Gasteiger partial charge on any atom is -0.368 e. The molecule has 2 aromatic rings. The molecular weight excluding hydrogens is 224 g/mol. The van der Waals surface area contributed by atoms with Crippen molar-refractivity contribution in [3.8, 4) is 0 Å². The standard InChI is InChI=1S/C14H20N4/c1-11(10-16-13-8-9-18(2)17-13)14(15)12-6-4-3-5-7-12/h3-9,11,14H,10,15H2,1-2H3,(H,16,17). The Balaban J connectivity index is 1.90. The number of aryl methyl sites for hydroxylation is 1. The molecule has 3 N–H and O–H groups in total. The third-order valence-electron chi connectivity index (χ3n) is 3.12. The molecule has 0 aliphatic heterocycles. The summed E-state index contributed by atoms with van der Waals surface area (Å²) in [4.78, 5) is 0. The van der Waals surface area contributed by atoms with Crippen LogP contribution in [-0.2, 0) is 7.05 Å². The molecule has 0 saturated carbocycles. The zero-order chi connectivity index (χ0) is 13.0. The fourth-order valence-corrected chi connectivity index (χ4v) is 1.91. The van der Waals surface area contributed by atoms with Gasteiger partial charge in [0, 0.05) is 31.9 Å². The van der Waals surface area contributed by atoms with Gasteiger partial charge in [-0.1, -0.05) is 37.3 Å². The summed E-state index contributed by atoms with van der Waals surface area (Å²) in [5.41, 5.74) is 7.42. The van der Waals surface area contributed by atoms with E-state index in [0.717, 1.165) is 12.4 Å². The van der Waals surface area contributed by atoms with E-state index in [1.165, 1.54) is 5.56 Å². The van der Waals surface area contributed by atoms with E-state index >= 15 is 0 Å². The second kappa shape index (κ2) is 5.69. The molecule has 1 aromatic heterocycles. The topological polar surface area (TPSA) is 55.9 Å². The van der Waals surface area contributed by atoms with Gasteiger partial charge < -0.3 is 11.1 Å². The molecule has 2 unspecified atom stereocenters. The maximum Gasteiger partial charge on any atom is 0.147 e. The lowest BCUT2D eigenvalue weighted by molar-refractivity contribution is 0.492. The summed E-state index contributed by atoms with van der Waals surface area (Å²) in [7, 11) is 1.91. The van der Waals surface area contributed by atoms with Gasteiger partial charge in [0.15, 0.2) is 0 Å². The number of benzene rings is 1. The van der Waals surface area contributed by atoms with Crippen molar-refractivity contribution in [1.82, 2.24) is 9.78 Å². The molecule has 0 bridgehead atoms. The Labute approximate surface area is 108 Å². The zero-order valence-corrected chi connectivity index (χ0v) is 10.9. The molecular formula is C14H20N4. The average molecular weight is 244 g/mol. The highest BCUT2D eigenvalue weighted by Gasteiger charge is 2.14. The number of hydrogen-bond donors (Lipinski definition) is 2. The van der Waals surface area contributed by atoms with Crippen molar-refractivity contribution in [1.29, 1.82) is 0 Å². The number of rotatable bonds is 5. The van der Waals surface area contributed by atoms with Crippen LogP contribution in [0.2, 0.25) is 0 Å². The third-order valence-corrected chi connectivity index (χ3v) is 3.12. The van der Waals surface area contributed by atoms with Crippen molar-refractivity contribution < 1.29 is 0 Å². The largest absolute Gasteiger partial charge is 0.368 e. The molecule has 0 aliphatic rings. The lowest BCUT2D eigenvalue weighted by Crippen LogP contribution is -2.25. The van der Waals surface area contributed by atoms with E-state index in [4.69, 9.17) is 5.73 Å². The number of nitrogens with two attached hydrogens (primary N) is 1. The van der Waals surface area contributed by atoms with E-state index in [0.29, 0.717) is 5.92 Å². The van der Waals surface area contributed by atoms with Crippen LogP contribution >= 0.6 is 0 Å². The molecule has 2 atom stereocenters. The quantitative estimate of drug-likeness (QED) is 0.847. The smallest absolute Gasteiger partial charge is 0.147 e. The van der Waals surface area contributed by atoms with Gasteiger partial charge in [0.1, 0.15) is 5.82 Å². The fraction of sp³-hybridized carbons (Fsp3) is 0.357. The van der Waals surface area contributed by atoms with Crippen LogP contribution in [0.15, 0.2) is 42.6 Å². The Morgan fingerprint density at radius 1 is 1.28 bits per heavy atom. The number of hydrogen-bond acceptors (Lipinski definition) is 3. The van der Waals surface area contributed by atoms with Gasteiger partial charge >= 0.3 is 0 Å². The zero-order valence-electron chi connectivity index (χ0n) is 10.9. The van der Waals surface area contributed by atoms with Crippen LogP contribution in [0.1, 0.15) is 18.5 Å². The van der Waals surface area contributed by atoms with Crippen LogP contribution in [-0.4, -0.2) is 16.3 Å². The lowest BCUT2D eigenvalue weighted by atomic mass is 9.95. The van der Waals surface area contributed by atoms with Gasteiger partial charge in [-0.05, 0) is 11.5 Å². The molecule has 4 nitrogen and oxygen atoms in total. The second-order valence-corrected chi connectivity index (χ2v) is 4.67. The van der Waals surface area contributed by atoms with Crippen molar-refractivity contribution in [3.63, 3.8) is 0 Å². The number of nitrogens with zero attached hydrogens (tertiary/aromatic N) is 2. The van der Waals surface area contributed by atoms with Crippen molar-refractivity contribution >= 4 is 5.82 Å². The molecule has 1 aromatic carbocycles. The van der Waals surface area contributed by atoms with Gasteiger partial charge in [0.2, 0.25) is 0 Å². The number of nitrogens with one attached hydrogen (secondary N) is 1. The summed E-state index contributed by atoms with van der Waals surface area (Å²) < 4.78 is 1.78. The van der Waals surface area contributed by atoms with Crippen molar-refractivity contribution in [3.05, 3.63) is 48.2 Å². The minimum atomic E-state index is 0.0439.